The van der Waals surface area contributed by atoms with E-state index >= 15 is 0 Å². The molecule has 0 aromatic heterocycles. The van der Waals surface area contributed by atoms with Gasteiger partial charge in [0.05, 0.1) is 5.75 Å². The number of carbonyl (C=O) groups is 2. The molecule has 1 fully saturated rings. The lowest BCUT2D eigenvalue weighted by Crippen LogP contribution is -2.51. The van der Waals surface area contributed by atoms with Gasteiger partial charge in [0, 0.05) is 30.8 Å². The van der Waals surface area contributed by atoms with E-state index in [1.165, 1.54) is 11.8 Å². The maximum Gasteiger partial charge on any atom is 0.335 e. The standard InChI is InChI=1S/C18H19NO4S/c20-16(19-9-7-18(23,8-10-19)17(21)22)12-24-15-6-5-13-3-1-2-4-14(13)11-15/h1-6,11,23H,7-10,12H2,(H,21,22). The third kappa shape index (κ3) is 3.55. The first kappa shape index (κ1) is 16.8. The zero-order valence-electron chi connectivity index (χ0n) is 13.1. The normalized spacial score (nSPS) is 17.0. The molecule has 0 radical (unpaired) electrons. The van der Waals surface area contributed by atoms with Gasteiger partial charge in [0.1, 0.15) is 0 Å². The molecule has 0 saturated carbocycles. The third-order valence-electron chi connectivity index (χ3n) is 4.42. The molecule has 0 bridgehead atoms. The van der Waals surface area contributed by atoms with Gasteiger partial charge in [0.25, 0.3) is 0 Å². The number of rotatable bonds is 4. The molecule has 3 rings (SSSR count). The fourth-order valence-electron chi connectivity index (χ4n) is 2.83. The van der Waals surface area contributed by atoms with Crippen LogP contribution in [0.2, 0.25) is 0 Å². The number of thioether (sulfide) groups is 1. The van der Waals surface area contributed by atoms with E-state index in [2.05, 4.69) is 6.07 Å². The summed E-state index contributed by atoms with van der Waals surface area (Å²) >= 11 is 1.47. The number of hydrogen-bond acceptors (Lipinski definition) is 4. The van der Waals surface area contributed by atoms with E-state index in [1.807, 2.05) is 36.4 Å². The van der Waals surface area contributed by atoms with Crippen LogP contribution in [-0.4, -0.2) is 51.4 Å². The number of carboxylic acids is 1. The van der Waals surface area contributed by atoms with E-state index in [1.54, 1.807) is 4.90 Å². The van der Waals surface area contributed by atoms with Gasteiger partial charge in [-0.1, -0.05) is 30.3 Å². The van der Waals surface area contributed by atoms with Crippen molar-refractivity contribution in [1.29, 1.82) is 0 Å². The zero-order chi connectivity index (χ0) is 17.2. The number of carboxylic acid groups (broad SMARTS) is 1. The number of hydrogen-bond donors (Lipinski definition) is 2. The van der Waals surface area contributed by atoms with Crippen molar-refractivity contribution in [1.82, 2.24) is 4.90 Å². The van der Waals surface area contributed by atoms with Crippen molar-refractivity contribution >= 4 is 34.4 Å². The Morgan fingerprint density at radius 1 is 1.08 bits per heavy atom. The molecule has 2 aromatic rings. The lowest BCUT2D eigenvalue weighted by Gasteiger charge is -2.35. The predicted molar refractivity (Wildman–Crippen MR) is 93.1 cm³/mol. The van der Waals surface area contributed by atoms with Gasteiger partial charge in [-0.2, -0.15) is 0 Å². The highest BCUT2D eigenvalue weighted by Crippen LogP contribution is 2.26. The lowest BCUT2D eigenvalue weighted by atomic mass is 9.92. The second kappa shape index (κ2) is 6.83. The average Bonchev–Trinajstić information content (AvgIpc) is 2.60. The van der Waals surface area contributed by atoms with Crippen LogP contribution in [0.5, 0.6) is 0 Å². The monoisotopic (exact) mass is 345 g/mol. The Labute approximate surface area is 144 Å². The fourth-order valence-corrected chi connectivity index (χ4v) is 3.68. The second-order valence-electron chi connectivity index (χ2n) is 6.02. The number of amides is 1. The van der Waals surface area contributed by atoms with Crippen LogP contribution in [-0.2, 0) is 9.59 Å². The number of aliphatic carboxylic acids is 1. The maximum absolute atomic E-state index is 12.3. The van der Waals surface area contributed by atoms with Gasteiger partial charge in [0.15, 0.2) is 5.60 Å². The summed E-state index contributed by atoms with van der Waals surface area (Å²) in [7, 11) is 0. The van der Waals surface area contributed by atoms with E-state index in [4.69, 9.17) is 5.11 Å². The molecule has 5 nitrogen and oxygen atoms in total. The van der Waals surface area contributed by atoms with Gasteiger partial charge in [-0.3, -0.25) is 4.79 Å². The average molecular weight is 345 g/mol. The van der Waals surface area contributed by atoms with E-state index in [-0.39, 0.29) is 31.8 Å². The van der Waals surface area contributed by atoms with E-state index in [9.17, 15) is 14.7 Å². The summed E-state index contributed by atoms with van der Waals surface area (Å²) in [6.45, 7) is 0.555. The Bertz CT molecular complexity index is 768. The van der Waals surface area contributed by atoms with Crippen LogP contribution >= 0.6 is 11.8 Å². The first-order valence-electron chi connectivity index (χ1n) is 7.83. The first-order chi connectivity index (χ1) is 11.5. The Balaban J connectivity index is 1.56. The molecule has 0 spiro atoms. The Morgan fingerprint density at radius 3 is 2.42 bits per heavy atom. The van der Waals surface area contributed by atoms with Crippen molar-refractivity contribution < 1.29 is 19.8 Å². The van der Waals surface area contributed by atoms with Crippen LogP contribution in [0.3, 0.4) is 0 Å². The Kier molecular flexibility index (Phi) is 4.78. The van der Waals surface area contributed by atoms with E-state index < -0.39 is 11.6 Å². The molecule has 1 amide bonds. The second-order valence-corrected chi connectivity index (χ2v) is 7.06. The predicted octanol–water partition coefficient (Wildman–Crippen LogP) is 2.37. The van der Waals surface area contributed by atoms with E-state index in [0.29, 0.717) is 5.75 Å². The number of nitrogens with zero attached hydrogens (tertiary/aromatic N) is 1. The summed E-state index contributed by atoms with van der Waals surface area (Å²) in [4.78, 5) is 26.0. The highest BCUT2D eigenvalue weighted by molar-refractivity contribution is 8.00. The molecule has 1 saturated heterocycles. The van der Waals surface area contributed by atoms with Crippen LogP contribution in [0, 0.1) is 0 Å². The van der Waals surface area contributed by atoms with Crippen LogP contribution < -0.4 is 0 Å². The Morgan fingerprint density at radius 2 is 1.75 bits per heavy atom. The minimum absolute atomic E-state index is 0.0272. The first-order valence-corrected chi connectivity index (χ1v) is 8.82. The number of fused-ring (bicyclic) bond motifs is 1. The fraction of sp³-hybridized carbons (Fsp3) is 0.333. The topological polar surface area (TPSA) is 77.8 Å². The van der Waals surface area contributed by atoms with Crippen molar-refractivity contribution in [2.45, 2.75) is 23.3 Å². The molecule has 24 heavy (non-hydrogen) atoms. The minimum atomic E-state index is -1.69. The summed E-state index contributed by atoms with van der Waals surface area (Å²) in [5.41, 5.74) is -1.69. The minimum Gasteiger partial charge on any atom is -0.479 e. The summed E-state index contributed by atoms with van der Waals surface area (Å²) in [6.07, 6.45) is 0.156. The molecule has 2 N–H and O–H groups in total. The van der Waals surface area contributed by atoms with Crippen LogP contribution in [0.4, 0.5) is 0 Å². The highest BCUT2D eigenvalue weighted by atomic mass is 32.2. The smallest absolute Gasteiger partial charge is 0.335 e. The number of carbonyl (C=O) groups excluding carboxylic acids is 1. The summed E-state index contributed by atoms with van der Waals surface area (Å²) in [5, 5.41) is 21.2. The quantitative estimate of drug-likeness (QED) is 0.832. The number of benzene rings is 2. The molecule has 1 heterocycles. The van der Waals surface area contributed by atoms with Crippen molar-refractivity contribution in [3.05, 3.63) is 42.5 Å². The van der Waals surface area contributed by atoms with Crippen molar-refractivity contribution in [2.75, 3.05) is 18.8 Å². The van der Waals surface area contributed by atoms with Gasteiger partial charge in [-0.05, 0) is 22.9 Å². The van der Waals surface area contributed by atoms with E-state index in [0.717, 1.165) is 15.7 Å². The van der Waals surface area contributed by atoms with Gasteiger partial charge in [0.2, 0.25) is 5.91 Å². The summed E-state index contributed by atoms with van der Waals surface area (Å²) in [6, 6.07) is 14.2. The molecule has 6 heteroatoms. The lowest BCUT2D eigenvalue weighted by molar-refractivity contribution is -0.165. The maximum atomic E-state index is 12.3. The molecule has 2 aromatic carbocycles. The van der Waals surface area contributed by atoms with Gasteiger partial charge in [-0.25, -0.2) is 4.79 Å². The van der Waals surface area contributed by atoms with Crippen molar-refractivity contribution in [3.63, 3.8) is 0 Å². The molecule has 0 aliphatic carbocycles. The molecule has 1 aliphatic rings. The number of aliphatic hydroxyl groups is 1. The molecule has 126 valence electrons. The highest BCUT2D eigenvalue weighted by Gasteiger charge is 2.40. The molecule has 0 unspecified atom stereocenters. The molecular formula is C18H19NO4S. The molecule has 0 atom stereocenters. The third-order valence-corrected chi connectivity index (χ3v) is 5.40. The number of piperidine rings is 1. The number of likely N-dealkylation sites (tertiary alicyclic amines) is 1. The Hall–Kier alpha value is -2.05. The van der Waals surface area contributed by atoms with Gasteiger partial charge < -0.3 is 15.1 Å². The van der Waals surface area contributed by atoms with Crippen molar-refractivity contribution in [3.8, 4) is 0 Å². The molecular weight excluding hydrogens is 326 g/mol. The summed E-state index contributed by atoms with van der Waals surface area (Å²) < 4.78 is 0. The van der Waals surface area contributed by atoms with Gasteiger partial charge >= 0.3 is 5.97 Å². The summed E-state index contributed by atoms with van der Waals surface area (Å²) in [5.74, 6) is -0.926. The van der Waals surface area contributed by atoms with Crippen molar-refractivity contribution in [2.24, 2.45) is 0 Å². The largest absolute Gasteiger partial charge is 0.479 e. The zero-order valence-corrected chi connectivity index (χ0v) is 14.0. The molecule has 1 aliphatic heterocycles. The van der Waals surface area contributed by atoms with Crippen LogP contribution in [0.15, 0.2) is 47.4 Å². The van der Waals surface area contributed by atoms with Crippen LogP contribution in [0.1, 0.15) is 12.8 Å². The SMILES string of the molecule is O=C(CSc1ccc2ccccc2c1)N1CCC(O)(C(=O)O)CC1. The van der Waals surface area contributed by atoms with Gasteiger partial charge in [-0.15, -0.1) is 11.8 Å². The van der Waals surface area contributed by atoms with Crippen LogP contribution in [0.25, 0.3) is 10.8 Å².